The van der Waals surface area contributed by atoms with Crippen molar-refractivity contribution in [3.63, 3.8) is 0 Å². The summed E-state index contributed by atoms with van der Waals surface area (Å²) in [6.45, 7) is 4.69. The Bertz CT molecular complexity index is 1420. The molecule has 0 saturated carbocycles. The summed E-state index contributed by atoms with van der Waals surface area (Å²) in [5, 5.41) is 8.50. The van der Waals surface area contributed by atoms with Gasteiger partial charge in [0.2, 0.25) is 0 Å². The fraction of sp³-hybridized carbons (Fsp3) is 0.333. The maximum Gasteiger partial charge on any atom is 0.342 e. The van der Waals surface area contributed by atoms with Crippen LogP contribution in [0.5, 0.6) is 0 Å². The third-order valence-corrected chi connectivity index (χ3v) is 7.68. The fourth-order valence-electron chi connectivity index (χ4n) is 2.67. The van der Waals surface area contributed by atoms with Gasteiger partial charge >= 0.3 is 5.76 Å². The molecule has 0 fully saturated rings. The summed E-state index contributed by atoms with van der Waals surface area (Å²) in [5.41, 5.74) is -0.581. The van der Waals surface area contributed by atoms with Gasteiger partial charge in [0.15, 0.2) is 14.9 Å². The van der Waals surface area contributed by atoms with Gasteiger partial charge in [-0.05, 0) is 25.5 Å². The topological polar surface area (TPSA) is 135 Å². The lowest BCUT2D eigenvalue weighted by molar-refractivity contribution is 0.234. The molecule has 0 amide bonds. The number of imidazole rings is 1. The van der Waals surface area contributed by atoms with Crippen molar-refractivity contribution >= 4 is 25.3 Å². The minimum absolute atomic E-state index is 0.0127. The molecule has 31 heavy (non-hydrogen) atoms. The number of rotatable bonds is 6. The Hall–Kier alpha value is -2.98. The maximum absolute atomic E-state index is 12.8. The molecule has 0 unspecified atom stereocenters. The predicted octanol–water partition coefficient (Wildman–Crippen LogP) is 2.38. The summed E-state index contributed by atoms with van der Waals surface area (Å²) >= 11 is 0. The van der Waals surface area contributed by atoms with Gasteiger partial charge in [-0.15, -0.1) is 0 Å². The van der Waals surface area contributed by atoms with Crippen molar-refractivity contribution in [2.75, 3.05) is 5.75 Å². The summed E-state index contributed by atoms with van der Waals surface area (Å²) in [6, 6.07) is 4.31. The van der Waals surface area contributed by atoms with Crippen LogP contribution in [-0.2, 0) is 25.1 Å². The highest BCUT2D eigenvalue weighted by Crippen LogP contribution is 2.31. The van der Waals surface area contributed by atoms with Crippen molar-refractivity contribution in [2.45, 2.75) is 41.9 Å². The smallest absolute Gasteiger partial charge is 0.290 e. The number of pyridine rings is 1. The zero-order valence-corrected chi connectivity index (χ0v) is 18.2. The lowest BCUT2D eigenvalue weighted by Gasteiger charge is -2.17. The number of aromatic nitrogens is 4. The molecule has 9 nitrogen and oxygen atoms in total. The normalized spacial score (nSPS) is 12.9. The highest BCUT2D eigenvalue weighted by atomic mass is 32.2. The van der Waals surface area contributed by atoms with Crippen LogP contribution in [0.1, 0.15) is 26.3 Å². The van der Waals surface area contributed by atoms with Gasteiger partial charge in [0.25, 0.3) is 9.84 Å². The third kappa shape index (κ3) is 4.00. The minimum atomic E-state index is -4.92. The Kier molecular flexibility index (Phi) is 5.57. The summed E-state index contributed by atoms with van der Waals surface area (Å²) in [5.74, 6) is -3.88. The average molecular weight is 469 g/mol. The van der Waals surface area contributed by atoms with Crippen molar-refractivity contribution in [1.82, 2.24) is 19.4 Å². The van der Waals surface area contributed by atoms with Gasteiger partial charge in [-0.1, -0.05) is 6.92 Å². The van der Waals surface area contributed by atoms with E-state index in [1.165, 1.54) is 29.8 Å². The van der Waals surface area contributed by atoms with Crippen LogP contribution in [0.4, 0.5) is 8.78 Å². The molecule has 0 radical (unpaired) electrons. The summed E-state index contributed by atoms with van der Waals surface area (Å²) in [4.78, 5) is 11.8. The molecule has 3 aromatic rings. The van der Waals surface area contributed by atoms with E-state index in [2.05, 4.69) is 21.0 Å². The van der Waals surface area contributed by atoms with E-state index in [-0.39, 0.29) is 27.7 Å². The number of fused-ring (bicyclic) bond motifs is 1. The number of nitrogens with zero attached hydrogens (tertiary/aromatic N) is 5. The standard InChI is InChI=1S/C18H17F2N5O4S2/c1-4-30(26,27)13-5-11(18(2,3)9-21)7-22-16(13)12-8-25-10-23-15(6-14(25)24-12)31(28,29)17(19)20/h5-8,10,17H,4H2,1-3H3. The van der Waals surface area contributed by atoms with Crippen LogP contribution in [0.2, 0.25) is 0 Å². The Labute approximate surface area is 177 Å². The van der Waals surface area contributed by atoms with Gasteiger partial charge in [0.05, 0.1) is 22.1 Å². The van der Waals surface area contributed by atoms with Crippen LogP contribution >= 0.6 is 0 Å². The first-order valence-electron chi connectivity index (χ1n) is 8.85. The lowest BCUT2D eigenvalue weighted by atomic mass is 9.87. The van der Waals surface area contributed by atoms with Crippen LogP contribution in [0.3, 0.4) is 0 Å². The largest absolute Gasteiger partial charge is 0.342 e. The molecule has 0 N–H and O–H groups in total. The first-order valence-corrected chi connectivity index (χ1v) is 12.0. The quantitative estimate of drug-likeness (QED) is 0.502. The second-order valence-electron chi connectivity index (χ2n) is 7.14. The number of hydrogen-bond donors (Lipinski definition) is 0. The Morgan fingerprint density at radius 3 is 2.45 bits per heavy atom. The molecule has 0 aliphatic heterocycles. The Balaban J connectivity index is 2.24. The van der Waals surface area contributed by atoms with Crippen LogP contribution in [0.15, 0.2) is 40.8 Å². The van der Waals surface area contributed by atoms with Crippen LogP contribution in [-0.4, -0.2) is 47.7 Å². The van der Waals surface area contributed by atoms with Crippen molar-refractivity contribution in [3.05, 3.63) is 36.4 Å². The van der Waals surface area contributed by atoms with Gasteiger partial charge in [-0.25, -0.2) is 26.8 Å². The molecular formula is C18H17F2N5O4S2. The first kappa shape index (κ1) is 22.7. The molecule has 13 heteroatoms. The van der Waals surface area contributed by atoms with Crippen LogP contribution in [0, 0.1) is 11.3 Å². The number of hydrogen-bond acceptors (Lipinski definition) is 8. The molecule has 0 spiro atoms. The maximum atomic E-state index is 12.8. The zero-order chi connectivity index (χ0) is 23.2. The molecule has 0 saturated heterocycles. The third-order valence-electron chi connectivity index (χ3n) is 4.66. The van der Waals surface area contributed by atoms with E-state index in [4.69, 9.17) is 0 Å². The summed E-state index contributed by atoms with van der Waals surface area (Å²) in [6.07, 6.45) is 3.71. The van der Waals surface area contributed by atoms with E-state index in [9.17, 15) is 30.9 Å². The van der Waals surface area contributed by atoms with Crippen molar-refractivity contribution < 1.29 is 25.6 Å². The number of halogens is 2. The molecule has 164 valence electrons. The molecule has 3 aromatic heterocycles. The minimum Gasteiger partial charge on any atom is -0.290 e. The fourth-order valence-corrected chi connectivity index (χ4v) is 4.39. The molecule has 0 aromatic carbocycles. The first-order chi connectivity index (χ1) is 14.3. The monoisotopic (exact) mass is 469 g/mol. The SMILES string of the molecule is CCS(=O)(=O)c1cc(C(C)(C)C#N)cnc1-c1cn2cnc(S(=O)(=O)C(F)F)cc2n1. The van der Waals surface area contributed by atoms with Crippen molar-refractivity contribution in [1.29, 1.82) is 5.26 Å². The van der Waals surface area contributed by atoms with Crippen LogP contribution < -0.4 is 0 Å². The van der Waals surface area contributed by atoms with Crippen molar-refractivity contribution in [2.24, 2.45) is 0 Å². The number of nitriles is 1. The van der Waals surface area contributed by atoms with Crippen LogP contribution in [0.25, 0.3) is 17.0 Å². The Morgan fingerprint density at radius 1 is 1.19 bits per heavy atom. The number of sulfone groups is 2. The molecule has 3 rings (SSSR count). The molecular weight excluding hydrogens is 452 g/mol. The molecule has 0 atom stereocenters. The van der Waals surface area contributed by atoms with E-state index >= 15 is 0 Å². The van der Waals surface area contributed by atoms with Crippen molar-refractivity contribution in [3.8, 4) is 17.5 Å². The molecule has 0 aliphatic rings. The second kappa shape index (κ2) is 7.61. The highest BCUT2D eigenvalue weighted by Gasteiger charge is 2.30. The summed E-state index contributed by atoms with van der Waals surface area (Å²) in [7, 11) is -8.70. The molecule has 3 heterocycles. The summed E-state index contributed by atoms with van der Waals surface area (Å²) < 4.78 is 75.6. The lowest BCUT2D eigenvalue weighted by Crippen LogP contribution is -2.16. The van der Waals surface area contributed by atoms with Gasteiger partial charge in [0.1, 0.15) is 23.4 Å². The molecule has 0 aliphatic carbocycles. The van der Waals surface area contributed by atoms with Gasteiger partial charge in [0, 0.05) is 18.5 Å². The van der Waals surface area contributed by atoms with E-state index in [1.807, 2.05) is 0 Å². The highest BCUT2D eigenvalue weighted by molar-refractivity contribution is 7.91. The number of alkyl halides is 2. The molecule has 0 bridgehead atoms. The average Bonchev–Trinajstić information content (AvgIpc) is 3.16. The van der Waals surface area contributed by atoms with Gasteiger partial charge in [-0.2, -0.15) is 14.0 Å². The van der Waals surface area contributed by atoms with Gasteiger partial charge < -0.3 is 0 Å². The Morgan fingerprint density at radius 2 is 1.87 bits per heavy atom. The second-order valence-corrected chi connectivity index (χ2v) is 11.2. The zero-order valence-electron chi connectivity index (χ0n) is 16.6. The van der Waals surface area contributed by atoms with E-state index < -0.39 is 35.9 Å². The van der Waals surface area contributed by atoms with E-state index in [0.717, 1.165) is 12.4 Å². The van der Waals surface area contributed by atoms with Gasteiger partial charge in [-0.3, -0.25) is 9.38 Å². The van der Waals surface area contributed by atoms with E-state index in [0.29, 0.717) is 5.56 Å². The van der Waals surface area contributed by atoms with E-state index in [1.54, 1.807) is 13.8 Å². The predicted molar refractivity (Wildman–Crippen MR) is 106 cm³/mol.